The van der Waals surface area contributed by atoms with Crippen LogP contribution < -0.4 is 0 Å². The Hall–Kier alpha value is -0.814. The van der Waals surface area contributed by atoms with Crippen LogP contribution in [0.3, 0.4) is 0 Å². The largest absolute Gasteiger partial charge is 2.00 e. The van der Waals surface area contributed by atoms with Gasteiger partial charge in [-0.2, -0.15) is 0 Å². The smallest absolute Gasteiger partial charge is 0.412 e. The van der Waals surface area contributed by atoms with Crippen molar-refractivity contribution < 1.29 is 76.9 Å². The predicted octanol–water partition coefficient (Wildman–Crippen LogP) is -5.43. The molecule has 0 rings (SSSR count). The molecule has 109 valence electrons. The fourth-order valence-corrected chi connectivity index (χ4v) is 0. The summed E-state index contributed by atoms with van der Waals surface area (Å²) in [6.07, 6.45) is 0. The molecule has 12 N–H and O–H groups in total. The first-order valence-electron chi connectivity index (χ1n) is 1.10. The molecule has 14 nitrogen and oxygen atoms in total. The Kier molecular flexibility index (Phi) is 651. The van der Waals surface area contributed by atoms with E-state index in [1.807, 2.05) is 0 Å². The van der Waals surface area contributed by atoms with Crippen LogP contribution in [-0.2, 0) is 33.8 Å². The van der Waals surface area contributed by atoms with E-state index in [4.69, 9.17) is 30.6 Å². The number of nitrogens with zero attached hydrogens (tertiary/aromatic N) is 2. The minimum Gasteiger partial charge on any atom is -0.412 e. The summed E-state index contributed by atoms with van der Waals surface area (Å²) in [5.74, 6) is 0. The molecular formula is H12CoFeN2O12+2. The van der Waals surface area contributed by atoms with E-state index in [0.29, 0.717) is 0 Å². The summed E-state index contributed by atoms with van der Waals surface area (Å²) in [5, 5.41) is 29.5. The van der Waals surface area contributed by atoms with Crippen LogP contribution in [0.1, 0.15) is 0 Å². The zero-order chi connectivity index (χ0) is 7.15. The standard InChI is InChI=1S/Co.Fe.2NO3.6H2O/c;;2*2-1(3)4;;;;;;/h;;;;6*1H2/q2*+2;2*-1;;;;;;. The Labute approximate surface area is 108 Å². The van der Waals surface area contributed by atoms with E-state index in [1.54, 1.807) is 0 Å². The Morgan fingerprint density at radius 3 is 0.562 bits per heavy atom. The first-order valence-corrected chi connectivity index (χ1v) is 1.10. The van der Waals surface area contributed by atoms with Gasteiger partial charge in [0.2, 0.25) is 0 Å². The first-order chi connectivity index (χ1) is 3.46. The molecule has 0 saturated heterocycles. The van der Waals surface area contributed by atoms with Gasteiger partial charge in [-0.05, 0) is 0 Å². The van der Waals surface area contributed by atoms with Crippen LogP contribution in [0.15, 0.2) is 0 Å². The van der Waals surface area contributed by atoms with E-state index < -0.39 is 10.2 Å². The van der Waals surface area contributed by atoms with Gasteiger partial charge >= 0.3 is 33.8 Å². The van der Waals surface area contributed by atoms with E-state index >= 15 is 0 Å². The normalized spacial score (nSPS) is 3.00. The van der Waals surface area contributed by atoms with Crippen molar-refractivity contribution in [3.63, 3.8) is 0 Å². The van der Waals surface area contributed by atoms with Crippen LogP contribution in [0.25, 0.3) is 0 Å². The SMILES string of the molecule is O.O.O.O.O.O.O=[N+]([O-])[O-].O=[N+]([O-])[O-].[Co+2].[Fe+2]. The Morgan fingerprint density at radius 1 is 0.562 bits per heavy atom. The Balaban J connectivity index is -0.00000000375. The van der Waals surface area contributed by atoms with E-state index in [2.05, 4.69) is 0 Å². The summed E-state index contributed by atoms with van der Waals surface area (Å²) in [6, 6.07) is 0. The van der Waals surface area contributed by atoms with Crippen molar-refractivity contribution in [2.24, 2.45) is 0 Å². The van der Waals surface area contributed by atoms with E-state index in [0.717, 1.165) is 0 Å². The third kappa shape index (κ3) is 2950. The van der Waals surface area contributed by atoms with Crippen LogP contribution in [0.5, 0.6) is 0 Å². The van der Waals surface area contributed by atoms with Gasteiger partial charge in [0.05, 0.1) is 10.2 Å². The molecule has 0 heterocycles. The molecule has 0 aromatic heterocycles. The van der Waals surface area contributed by atoms with Crippen molar-refractivity contribution in [1.29, 1.82) is 0 Å². The van der Waals surface area contributed by atoms with Crippen molar-refractivity contribution in [2.75, 3.05) is 0 Å². The molecule has 0 aromatic carbocycles. The second kappa shape index (κ2) is 91.7. The molecule has 0 atom stereocenters. The summed E-state index contributed by atoms with van der Waals surface area (Å²) in [4.78, 5) is 16.5. The van der Waals surface area contributed by atoms with Crippen molar-refractivity contribution in [3.05, 3.63) is 30.6 Å². The Bertz CT molecular complexity index is 77.0. The minimum absolute atomic E-state index is 0. The summed E-state index contributed by atoms with van der Waals surface area (Å²) >= 11 is 0. The van der Waals surface area contributed by atoms with Gasteiger partial charge in [-0.3, -0.25) is 0 Å². The van der Waals surface area contributed by atoms with Crippen molar-refractivity contribution in [2.45, 2.75) is 0 Å². The molecular weight excluding hydrogens is 335 g/mol. The van der Waals surface area contributed by atoms with Gasteiger partial charge in [-0.25, -0.2) is 0 Å². The van der Waals surface area contributed by atoms with Crippen LogP contribution in [-0.4, -0.2) is 43.0 Å². The average molecular weight is 347 g/mol. The third-order valence-electron chi connectivity index (χ3n) is 0. The molecule has 0 aliphatic carbocycles. The van der Waals surface area contributed by atoms with Crippen molar-refractivity contribution >= 4 is 0 Å². The van der Waals surface area contributed by atoms with Gasteiger partial charge in [0.15, 0.2) is 0 Å². The maximum atomic E-state index is 8.25. The molecule has 0 fully saturated rings. The molecule has 16 heteroatoms. The maximum Gasteiger partial charge on any atom is 2.00 e. The summed E-state index contributed by atoms with van der Waals surface area (Å²) < 4.78 is 0. The van der Waals surface area contributed by atoms with Crippen LogP contribution >= 0.6 is 0 Å². The molecule has 0 aliphatic rings. The van der Waals surface area contributed by atoms with Gasteiger partial charge in [0.25, 0.3) is 0 Å². The second-order valence-corrected chi connectivity index (χ2v) is 0.447. The fraction of sp³-hybridized carbons (Fsp3) is 0. The first kappa shape index (κ1) is 114. The minimum atomic E-state index is -1.75. The monoisotopic (exact) mass is 347 g/mol. The number of hydrogen-bond acceptors (Lipinski definition) is 6. The molecule has 0 saturated carbocycles. The maximum absolute atomic E-state index is 8.25. The number of hydrogen-bond donors (Lipinski definition) is 0. The Morgan fingerprint density at radius 2 is 0.562 bits per heavy atom. The van der Waals surface area contributed by atoms with E-state index in [-0.39, 0.29) is 66.7 Å². The van der Waals surface area contributed by atoms with Crippen LogP contribution in [0, 0.1) is 30.6 Å². The van der Waals surface area contributed by atoms with Crippen molar-refractivity contribution in [3.8, 4) is 0 Å². The van der Waals surface area contributed by atoms with Gasteiger partial charge in [-0.15, -0.1) is 0 Å². The van der Waals surface area contributed by atoms with Crippen LogP contribution in [0.2, 0.25) is 0 Å². The zero-order valence-electron chi connectivity index (χ0n) is 7.03. The van der Waals surface area contributed by atoms with Crippen molar-refractivity contribution in [1.82, 2.24) is 0 Å². The summed E-state index contributed by atoms with van der Waals surface area (Å²) in [5.41, 5.74) is 0. The predicted molar refractivity (Wildman–Crippen MR) is 42.4 cm³/mol. The molecule has 0 aliphatic heterocycles. The fourth-order valence-electron chi connectivity index (χ4n) is 0. The number of rotatable bonds is 0. The van der Waals surface area contributed by atoms with E-state index in [9.17, 15) is 0 Å². The molecule has 0 unspecified atom stereocenters. The molecule has 1 radical (unpaired) electrons. The second-order valence-electron chi connectivity index (χ2n) is 0.447. The summed E-state index contributed by atoms with van der Waals surface area (Å²) in [6.45, 7) is 0. The quantitative estimate of drug-likeness (QED) is 0.233. The van der Waals surface area contributed by atoms with Gasteiger partial charge in [0.1, 0.15) is 0 Å². The van der Waals surface area contributed by atoms with Gasteiger partial charge in [0, 0.05) is 0 Å². The van der Waals surface area contributed by atoms with E-state index in [1.165, 1.54) is 0 Å². The molecule has 0 amide bonds. The molecule has 16 heavy (non-hydrogen) atoms. The molecule has 0 spiro atoms. The van der Waals surface area contributed by atoms with Gasteiger partial charge < -0.3 is 63.5 Å². The van der Waals surface area contributed by atoms with Crippen LogP contribution in [0.4, 0.5) is 0 Å². The molecule has 0 bridgehead atoms. The molecule has 0 aromatic rings. The third-order valence-corrected chi connectivity index (χ3v) is 0. The average Bonchev–Trinajstić information content (AvgIpc) is 1.25. The topological polar surface area (TPSA) is 321 Å². The summed E-state index contributed by atoms with van der Waals surface area (Å²) in [7, 11) is 0. The van der Waals surface area contributed by atoms with Gasteiger partial charge in [-0.1, -0.05) is 0 Å². The zero-order valence-corrected chi connectivity index (χ0v) is 9.18.